The first kappa shape index (κ1) is 14.5. The van der Waals surface area contributed by atoms with Crippen LogP contribution in [-0.2, 0) is 10.0 Å². The molecule has 0 heterocycles. The number of nitrogens with zero attached hydrogens (tertiary/aromatic N) is 1. The predicted octanol–water partition coefficient (Wildman–Crippen LogP) is 2.34. The third-order valence-electron chi connectivity index (χ3n) is 2.06. The first-order valence-electron chi connectivity index (χ1n) is 4.88. The fourth-order valence-electron chi connectivity index (χ4n) is 1.30. The molecule has 3 nitrogen and oxygen atoms in total. The van der Waals surface area contributed by atoms with Gasteiger partial charge in [-0.05, 0) is 12.1 Å². The van der Waals surface area contributed by atoms with Crippen LogP contribution >= 0.6 is 15.9 Å². The summed E-state index contributed by atoms with van der Waals surface area (Å²) >= 11 is 3.05. The zero-order chi connectivity index (χ0) is 12.9. The number of rotatable bonds is 6. The molecule has 0 unspecified atom stereocenters. The molecule has 1 aromatic rings. The van der Waals surface area contributed by atoms with Crippen LogP contribution in [0.2, 0.25) is 0 Å². The fraction of sp³-hybridized carbons (Fsp3) is 0.400. The van der Waals surface area contributed by atoms with E-state index in [0.717, 1.165) is 4.31 Å². The van der Waals surface area contributed by atoms with Crippen molar-refractivity contribution < 1.29 is 17.2 Å². The zero-order valence-corrected chi connectivity index (χ0v) is 11.3. The highest BCUT2D eigenvalue weighted by Crippen LogP contribution is 2.16. The predicted molar refractivity (Wildman–Crippen MR) is 65.0 cm³/mol. The van der Waals surface area contributed by atoms with Gasteiger partial charge in [0.15, 0.2) is 0 Å². The highest BCUT2D eigenvalue weighted by Gasteiger charge is 2.26. The quantitative estimate of drug-likeness (QED) is 0.752. The summed E-state index contributed by atoms with van der Waals surface area (Å²) in [5.41, 5.74) is 0. The lowest BCUT2D eigenvalue weighted by Crippen LogP contribution is -2.36. The van der Waals surface area contributed by atoms with Crippen LogP contribution in [0.1, 0.15) is 0 Å². The van der Waals surface area contributed by atoms with Gasteiger partial charge in [-0.3, -0.25) is 0 Å². The number of halogens is 3. The molecular weight excluding hydrogens is 316 g/mol. The molecule has 17 heavy (non-hydrogen) atoms. The van der Waals surface area contributed by atoms with Crippen molar-refractivity contribution in [2.45, 2.75) is 11.3 Å². The largest absolute Gasteiger partial charge is 0.252 e. The van der Waals surface area contributed by atoms with Crippen LogP contribution in [0, 0.1) is 0 Å². The molecule has 0 aliphatic carbocycles. The van der Waals surface area contributed by atoms with Gasteiger partial charge in [0, 0.05) is 11.9 Å². The van der Waals surface area contributed by atoms with Crippen LogP contribution in [0.15, 0.2) is 35.2 Å². The third-order valence-corrected chi connectivity index (χ3v) is 4.29. The van der Waals surface area contributed by atoms with Crippen molar-refractivity contribution >= 4 is 26.0 Å². The molecule has 0 amide bonds. The summed E-state index contributed by atoms with van der Waals surface area (Å²) in [5.74, 6) is 0. The molecule has 0 radical (unpaired) electrons. The van der Waals surface area contributed by atoms with Crippen LogP contribution in [-0.4, -0.2) is 37.6 Å². The maximum Gasteiger partial charge on any atom is 0.252 e. The molecule has 1 rings (SSSR count). The van der Waals surface area contributed by atoms with E-state index >= 15 is 0 Å². The van der Waals surface area contributed by atoms with Gasteiger partial charge >= 0.3 is 0 Å². The Morgan fingerprint density at radius 3 is 2.29 bits per heavy atom. The maximum atomic E-state index is 12.3. The summed E-state index contributed by atoms with van der Waals surface area (Å²) in [6.07, 6.45) is -2.69. The number of hydrogen-bond donors (Lipinski definition) is 0. The summed E-state index contributed by atoms with van der Waals surface area (Å²) < 4.78 is 49.5. The van der Waals surface area contributed by atoms with E-state index in [0.29, 0.717) is 5.33 Å². The molecule has 0 N–H and O–H groups in total. The summed E-state index contributed by atoms with van der Waals surface area (Å²) in [6.45, 7) is -0.773. The Bertz CT molecular complexity index is 439. The molecule has 1 aromatic carbocycles. The van der Waals surface area contributed by atoms with E-state index in [-0.39, 0.29) is 11.4 Å². The van der Waals surface area contributed by atoms with Gasteiger partial charge in [-0.25, -0.2) is 17.2 Å². The van der Waals surface area contributed by atoms with Crippen LogP contribution < -0.4 is 0 Å². The topological polar surface area (TPSA) is 37.4 Å². The van der Waals surface area contributed by atoms with E-state index in [4.69, 9.17) is 0 Å². The van der Waals surface area contributed by atoms with Gasteiger partial charge in [-0.2, -0.15) is 4.31 Å². The van der Waals surface area contributed by atoms with Gasteiger partial charge in [0.05, 0.1) is 11.4 Å². The van der Waals surface area contributed by atoms with Crippen molar-refractivity contribution in [1.29, 1.82) is 0 Å². The number of hydrogen-bond acceptors (Lipinski definition) is 2. The summed E-state index contributed by atoms with van der Waals surface area (Å²) in [4.78, 5) is 0.0293. The Balaban J connectivity index is 3.00. The van der Waals surface area contributed by atoms with Gasteiger partial charge in [-0.15, -0.1) is 0 Å². The molecule has 0 aliphatic heterocycles. The molecule has 7 heteroatoms. The first-order valence-corrected chi connectivity index (χ1v) is 7.44. The first-order chi connectivity index (χ1) is 7.98. The van der Waals surface area contributed by atoms with Gasteiger partial charge in [0.1, 0.15) is 0 Å². The Hall–Kier alpha value is -0.530. The minimum atomic E-state index is -3.83. The second kappa shape index (κ2) is 6.42. The second-order valence-corrected chi connectivity index (χ2v) is 5.99. The third kappa shape index (κ3) is 4.01. The van der Waals surface area contributed by atoms with Gasteiger partial charge in [0.25, 0.3) is 6.43 Å². The smallest absolute Gasteiger partial charge is 0.209 e. The lowest BCUT2D eigenvalue weighted by molar-refractivity contribution is 0.121. The molecule has 96 valence electrons. The average molecular weight is 328 g/mol. The van der Waals surface area contributed by atoms with Crippen molar-refractivity contribution in [2.24, 2.45) is 0 Å². The Kier molecular flexibility index (Phi) is 5.48. The highest BCUT2D eigenvalue weighted by atomic mass is 79.9. The van der Waals surface area contributed by atoms with E-state index in [1.165, 1.54) is 12.1 Å². The molecule has 0 aliphatic rings. The van der Waals surface area contributed by atoms with Crippen LogP contribution in [0.25, 0.3) is 0 Å². The molecule has 0 aromatic heterocycles. The van der Waals surface area contributed by atoms with Gasteiger partial charge in [0.2, 0.25) is 10.0 Å². The minimum Gasteiger partial charge on any atom is -0.209 e. The van der Waals surface area contributed by atoms with Crippen molar-refractivity contribution in [3.8, 4) is 0 Å². The molecule has 0 saturated carbocycles. The summed E-state index contributed by atoms with van der Waals surface area (Å²) in [5, 5.41) is 0.311. The highest BCUT2D eigenvalue weighted by molar-refractivity contribution is 9.09. The van der Waals surface area contributed by atoms with E-state index in [1.807, 2.05) is 0 Å². The number of benzene rings is 1. The van der Waals surface area contributed by atoms with Gasteiger partial charge in [-0.1, -0.05) is 34.1 Å². The van der Waals surface area contributed by atoms with Crippen LogP contribution in [0.4, 0.5) is 8.78 Å². The standard InChI is InChI=1S/C10H12BrF2NO2S/c11-6-7-14(8-10(12)13)17(15,16)9-4-2-1-3-5-9/h1-5,10H,6-8H2. The van der Waals surface area contributed by atoms with Crippen molar-refractivity contribution in [3.63, 3.8) is 0 Å². The Morgan fingerprint density at radius 1 is 1.24 bits per heavy atom. The number of sulfonamides is 1. The van der Waals surface area contributed by atoms with E-state index in [2.05, 4.69) is 15.9 Å². The van der Waals surface area contributed by atoms with E-state index in [1.54, 1.807) is 18.2 Å². The lowest BCUT2D eigenvalue weighted by Gasteiger charge is -2.20. The van der Waals surface area contributed by atoms with Crippen molar-refractivity contribution in [1.82, 2.24) is 4.31 Å². The minimum absolute atomic E-state index is 0.0154. The van der Waals surface area contributed by atoms with Crippen molar-refractivity contribution in [2.75, 3.05) is 18.4 Å². The lowest BCUT2D eigenvalue weighted by atomic mass is 10.4. The molecule has 0 spiro atoms. The average Bonchev–Trinajstić information content (AvgIpc) is 2.29. The molecular formula is C10H12BrF2NO2S. The molecule has 0 saturated heterocycles. The SMILES string of the molecule is O=S(=O)(c1ccccc1)N(CCBr)CC(F)F. The Morgan fingerprint density at radius 2 is 1.82 bits per heavy atom. The van der Waals surface area contributed by atoms with Crippen molar-refractivity contribution in [3.05, 3.63) is 30.3 Å². The maximum absolute atomic E-state index is 12.3. The molecule has 0 atom stereocenters. The van der Waals surface area contributed by atoms with Crippen LogP contribution in [0.3, 0.4) is 0 Å². The zero-order valence-electron chi connectivity index (χ0n) is 8.89. The van der Waals surface area contributed by atoms with E-state index in [9.17, 15) is 17.2 Å². The normalized spacial score (nSPS) is 12.3. The number of alkyl halides is 3. The summed E-state index contributed by atoms with van der Waals surface area (Å²) in [7, 11) is -3.83. The summed E-state index contributed by atoms with van der Waals surface area (Å²) in [6, 6.07) is 7.56. The second-order valence-electron chi connectivity index (χ2n) is 3.26. The van der Waals surface area contributed by atoms with Crippen LogP contribution in [0.5, 0.6) is 0 Å². The molecule has 0 bridgehead atoms. The fourth-order valence-corrected chi connectivity index (χ4v) is 3.40. The Labute approximate surface area is 108 Å². The molecule has 0 fully saturated rings. The van der Waals surface area contributed by atoms with Gasteiger partial charge < -0.3 is 0 Å². The van der Waals surface area contributed by atoms with E-state index < -0.39 is 23.0 Å². The monoisotopic (exact) mass is 327 g/mol.